The predicted molar refractivity (Wildman–Crippen MR) is 143 cm³/mol. The summed E-state index contributed by atoms with van der Waals surface area (Å²) in [5, 5.41) is 10.8. The van der Waals surface area contributed by atoms with Crippen LogP contribution in [0.4, 0.5) is 18.0 Å². The van der Waals surface area contributed by atoms with Gasteiger partial charge < -0.3 is 14.2 Å². The van der Waals surface area contributed by atoms with Gasteiger partial charge in [-0.2, -0.15) is 23.0 Å². The average molecular weight is 583 g/mol. The van der Waals surface area contributed by atoms with Crippen LogP contribution in [0.2, 0.25) is 0 Å². The highest BCUT2D eigenvalue weighted by Gasteiger charge is 2.40. The first kappa shape index (κ1) is 30.9. The summed E-state index contributed by atoms with van der Waals surface area (Å²) in [5.41, 5.74) is -0.521. The maximum absolute atomic E-state index is 11.9. The van der Waals surface area contributed by atoms with Gasteiger partial charge in [-0.15, -0.1) is 5.10 Å². The van der Waals surface area contributed by atoms with Crippen molar-refractivity contribution in [3.05, 3.63) is 24.5 Å². The first-order valence-corrected chi connectivity index (χ1v) is 14.5. The first-order chi connectivity index (χ1) is 19.4. The molecule has 9 nitrogen and oxygen atoms in total. The van der Waals surface area contributed by atoms with Gasteiger partial charge in [-0.05, 0) is 94.8 Å². The number of aromatic amines is 1. The SMILES string of the molecule is CC(C)(C)OC(=O)n1ccc(OCC2C[C@@H]3CC[C@@H]2C3)n1.O=CC(F)(F)F.c1cc(OCC2C[C@@H]3CC[C@@H]2C3)[nH]n1. The second kappa shape index (κ2) is 13.3. The molecule has 4 aliphatic carbocycles. The molecule has 0 spiro atoms. The van der Waals surface area contributed by atoms with Gasteiger partial charge in [-0.3, -0.25) is 4.79 Å². The van der Waals surface area contributed by atoms with Crippen molar-refractivity contribution < 1.29 is 37.0 Å². The number of aldehydes is 1. The van der Waals surface area contributed by atoms with Crippen LogP contribution < -0.4 is 9.47 Å². The van der Waals surface area contributed by atoms with Crippen LogP contribution in [0.5, 0.6) is 11.8 Å². The number of hydrogen-bond acceptors (Lipinski definition) is 7. The van der Waals surface area contributed by atoms with E-state index in [4.69, 9.17) is 19.0 Å². The Morgan fingerprint density at radius 1 is 0.976 bits per heavy atom. The second-order valence-electron chi connectivity index (χ2n) is 12.7. The number of rotatable bonds is 6. The van der Waals surface area contributed by atoms with E-state index in [1.807, 2.05) is 26.8 Å². The highest BCUT2D eigenvalue weighted by Crippen LogP contribution is 2.49. The van der Waals surface area contributed by atoms with E-state index in [1.165, 1.54) is 56.0 Å². The van der Waals surface area contributed by atoms with Crippen molar-refractivity contribution in [2.45, 2.75) is 83.9 Å². The molecular weight excluding hydrogens is 541 g/mol. The van der Waals surface area contributed by atoms with Crippen molar-refractivity contribution >= 4 is 12.4 Å². The number of alkyl halides is 3. The topological polar surface area (TPSA) is 108 Å². The standard InChI is InChI=1S/C16H24N2O3.C11H16N2O.C2HF3O/c1-16(2,3)21-15(19)18-7-6-14(17-18)20-10-13-9-11-4-5-12(13)8-11;1-2-9-5-8(1)6-10(9)7-14-11-3-4-12-13-11;3-2(4,5)1-6/h6-7,11-13H,4-5,8-10H2,1-3H3;3-4,8-10H,1-2,5-7H2,(H,12,13);1H/t11-,12-,13?;8-,9-,10?;/m11./s1. The molecule has 0 saturated heterocycles. The van der Waals surface area contributed by atoms with Crippen molar-refractivity contribution in [3.8, 4) is 11.8 Å². The lowest BCUT2D eigenvalue weighted by Crippen LogP contribution is -2.27. The molecule has 2 aromatic heterocycles. The van der Waals surface area contributed by atoms with Crippen molar-refractivity contribution in [3.63, 3.8) is 0 Å². The van der Waals surface area contributed by atoms with Gasteiger partial charge in [0.1, 0.15) is 5.60 Å². The lowest BCUT2D eigenvalue weighted by atomic mass is 9.90. The Kier molecular flexibility index (Phi) is 10.0. The summed E-state index contributed by atoms with van der Waals surface area (Å²) in [6, 6.07) is 3.60. The molecule has 4 saturated carbocycles. The summed E-state index contributed by atoms with van der Waals surface area (Å²) in [4.78, 5) is 20.6. The maximum Gasteiger partial charge on any atom is 0.446 e. The fourth-order valence-electron chi connectivity index (χ4n) is 6.67. The van der Waals surface area contributed by atoms with Gasteiger partial charge in [0.25, 0.3) is 0 Å². The normalized spacial score (nSPS) is 27.9. The number of fused-ring (bicyclic) bond motifs is 4. The van der Waals surface area contributed by atoms with Crippen LogP contribution in [0.15, 0.2) is 24.5 Å². The number of aromatic nitrogens is 4. The third-order valence-corrected chi connectivity index (χ3v) is 8.42. The number of ether oxygens (including phenoxy) is 3. The smallest absolute Gasteiger partial charge is 0.446 e. The molecule has 6 rings (SSSR count). The van der Waals surface area contributed by atoms with Crippen LogP contribution in [-0.4, -0.2) is 57.3 Å². The molecule has 0 amide bonds. The molecule has 4 fully saturated rings. The predicted octanol–water partition coefficient (Wildman–Crippen LogP) is 6.45. The minimum absolute atomic E-state index is 0.475. The Morgan fingerprint density at radius 3 is 2.00 bits per heavy atom. The fraction of sp³-hybridized carbons (Fsp3) is 0.724. The molecule has 4 bridgehead atoms. The number of nitrogens with one attached hydrogen (secondary N) is 1. The Morgan fingerprint density at radius 2 is 1.56 bits per heavy atom. The van der Waals surface area contributed by atoms with Crippen LogP contribution in [0.1, 0.15) is 72.1 Å². The molecule has 2 unspecified atom stereocenters. The summed E-state index contributed by atoms with van der Waals surface area (Å²) >= 11 is 0. The highest BCUT2D eigenvalue weighted by molar-refractivity contribution is 5.69. The average Bonchev–Trinajstić information content (AvgIpc) is 3.75. The van der Waals surface area contributed by atoms with E-state index in [1.54, 1.807) is 18.5 Å². The monoisotopic (exact) mass is 582 g/mol. The summed E-state index contributed by atoms with van der Waals surface area (Å²) in [7, 11) is 0. The minimum atomic E-state index is -4.64. The van der Waals surface area contributed by atoms with E-state index >= 15 is 0 Å². The van der Waals surface area contributed by atoms with E-state index in [-0.39, 0.29) is 0 Å². The van der Waals surface area contributed by atoms with Crippen LogP contribution in [0, 0.1) is 35.5 Å². The summed E-state index contributed by atoms with van der Waals surface area (Å²) in [6.07, 6.45) is 8.30. The van der Waals surface area contributed by atoms with Gasteiger partial charge >= 0.3 is 12.3 Å². The maximum atomic E-state index is 11.9. The molecule has 0 radical (unpaired) electrons. The van der Waals surface area contributed by atoms with Crippen molar-refractivity contribution in [2.75, 3.05) is 13.2 Å². The molecule has 41 heavy (non-hydrogen) atoms. The lowest BCUT2D eigenvalue weighted by Gasteiger charge is -2.21. The molecule has 0 aliphatic heterocycles. The van der Waals surface area contributed by atoms with Crippen LogP contribution in [0.25, 0.3) is 0 Å². The van der Waals surface area contributed by atoms with Crippen molar-refractivity contribution in [1.82, 2.24) is 20.0 Å². The van der Waals surface area contributed by atoms with Crippen molar-refractivity contribution in [1.29, 1.82) is 0 Å². The Labute approximate surface area is 238 Å². The zero-order chi connectivity index (χ0) is 29.6. The number of carbonyl (C=O) groups is 2. The number of H-pyrrole nitrogens is 1. The fourth-order valence-corrected chi connectivity index (χ4v) is 6.67. The van der Waals surface area contributed by atoms with E-state index in [2.05, 4.69) is 15.3 Å². The van der Waals surface area contributed by atoms with Gasteiger partial charge in [0, 0.05) is 18.3 Å². The first-order valence-electron chi connectivity index (χ1n) is 14.5. The lowest BCUT2D eigenvalue weighted by molar-refractivity contribution is -0.156. The van der Waals surface area contributed by atoms with Crippen LogP contribution >= 0.6 is 0 Å². The number of hydrogen-bond donors (Lipinski definition) is 1. The van der Waals surface area contributed by atoms with Gasteiger partial charge in [0.2, 0.25) is 18.0 Å². The van der Waals surface area contributed by atoms with Crippen LogP contribution in [0.3, 0.4) is 0 Å². The van der Waals surface area contributed by atoms with Crippen LogP contribution in [-0.2, 0) is 9.53 Å². The highest BCUT2D eigenvalue weighted by atomic mass is 19.4. The molecule has 2 aromatic rings. The zero-order valence-corrected chi connectivity index (χ0v) is 23.9. The third kappa shape index (κ3) is 9.49. The molecule has 12 heteroatoms. The Bertz CT molecular complexity index is 1110. The molecule has 228 valence electrons. The molecule has 0 aromatic carbocycles. The van der Waals surface area contributed by atoms with E-state index in [0.717, 1.165) is 42.1 Å². The van der Waals surface area contributed by atoms with Gasteiger partial charge in [0.05, 0.1) is 19.4 Å². The summed E-state index contributed by atoms with van der Waals surface area (Å²) < 4.78 is 49.1. The Hall–Kier alpha value is -3.05. The summed E-state index contributed by atoms with van der Waals surface area (Å²) in [5.74, 6) is 6.49. The Balaban J connectivity index is 0.000000166. The van der Waals surface area contributed by atoms with Gasteiger partial charge in [-0.1, -0.05) is 12.8 Å². The molecule has 2 heterocycles. The second-order valence-corrected chi connectivity index (χ2v) is 12.7. The molecule has 1 N–H and O–H groups in total. The zero-order valence-electron chi connectivity index (χ0n) is 23.9. The quantitative estimate of drug-likeness (QED) is 0.390. The molecule has 4 aliphatic rings. The van der Waals surface area contributed by atoms with Crippen molar-refractivity contribution in [2.24, 2.45) is 35.5 Å². The van der Waals surface area contributed by atoms with E-state index in [9.17, 15) is 18.0 Å². The van der Waals surface area contributed by atoms with Gasteiger partial charge in [0.15, 0.2) is 0 Å². The van der Waals surface area contributed by atoms with Gasteiger partial charge in [-0.25, -0.2) is 9.89 Å². The third-order valence-electron chi connectivity index (χ3n) is 8.42. The van der Waals surface area contributed by atoms with E-state index < -0.39 is 24.2 Å². The molecular formula is C29H41F3N4O5. The number of halogens is 3. The number of nitrogens with zero attached hydrogens (tertiary/aromatic N) is 3. The largest absolute Gasteiger partial charge is 0.478 e. The summed E-state index contributed by atoms with van der Waals surface area (Å²) in [6.45, 7) is 7.10. The number of carbonyl (C=O) groups excluding carboxylic acids is 2. The van der Waals surface area contributed by atoms with E-state index in [0.29, 0.717) is 18.4 Å². The molecule has 6 atom stereocenters. The minimum Gasteiger partial charge on any atom is -0.478 e.